The molecule has 0 bridgehead atoms. The second kappa shape index (κ2) is 10.2. The summed E-state index contributed by atoms with van der Waals surface area (Å²) in [4.78, 5) is 23.4. The van der Waals surface area contributed by atoms with Crippen molar-refractivity contribution in [3.05, 3.63) is 59.8 Å². The van der Waals surface area contributed by atoms with Crippen molar-refractivity contribution >= 4 is 5.91 Å². The Labute approximate surface area is 199 Å². The summed E-state index contributed by atoms with van der Waals surface area (Å²) in [6, 6.07) is 7.35. The van der Waals surface area contributed by atoms with Crippen LogP contribution in [0.4, 0.5) is 13.2 Å². The molecule has 35 heavy (non-hydrogen) atoms. The van der Waals surface area contributed by atoms with E-state index in [-0.39, 0.29) is 29.7 Å². The van der Waals surface area contributed by atoms with Crippen LogP contribution in [0.15, 0.2) is 42.9 Å². The number of morpholine rings is 1. The Morgan fingerprint density at radius 2 is 1.89 bits per heavy atom. The number of methoxy groups -OCH3 is 2. The summed E-state index contributed by atoms with van der Waals surface area (Å²) in [6.45, 7) is 1.94. The van der Waals surface area contributed by atoms with E-state index in [2.05, 4.69) is 14.7 Å². The Hall–Kier alpha value is -3.80. The number of ether oxygens (including phenoxy) is 4. The highest BCUT2D eigenvalue weighted by Crippen LogP contribution is 2.31. The number of amides is 1. The topological polar surface area (TPSA) is 87.9 Å². The number of hydrogen-bond acceptors (Lipinski definition) is 7. The standard InChI is InChI=1S/C23H23F3N4O5/c1-32-20-12-17(35-23(24,25)26)5-3-15(20)11-16-4-6-18(21(28-16)33-2)30-14-27-13-19(30)22(31)29-7-9-34-10-8-29/h3-6,12-14H,7-11H2,1-2H3. The smallest absolute Gasteiger partial charge is 0.496 e. The highest BCUT2D eigenvalue weighted by Gasteiger charge is 2.31. The van der Waals surface area contributed by atoms with Gasteiger partial charge in [0.25, 0.3) is 5.91 Å². The van der Waals surface area contributed by atoms with E-state index >= 15 is 0 Å². The molecule has 1 aliphatic rings. The van der Waals surface area contributed by atoms with Gasteiger partial charge in [0.15, 0.2) is 0 Å². The number of carbonyl (C=O) groups excluding carboxylic acids is 1. The van der Waals surface area contributed by atoms with Gasteiger partial charge in [-0.25, -0.2) is 9.97 Å². The second-order valence-electron chi connectivity index (χ2n) is 7.58. The lowest BCUT2D eigenvalue weighted by Crippen LogP contribution is -2.41. The summed E-state index contributed by atoms with van der Waals surface area (Å²) in [7, 11) is 2.82. The van der Waals surface area contributed by atoms with Gasteiger partial charge in [0.05, 0.1) is 40.0 Å². The Morgan fingerprint density at radius 1 is 1.11 bits per heavy atom. The molecule has 9 nitrogen and oxygen atoms in total. The third-order valence-corrected chi connectivity index (χ3v) is 5.37. The molecule has 3 aromatic rings. The number of hydrogen-bond donors (Lipinski definition) is 0. The van der Waals surface area contributed by atoms with E-state index in [1.54, 1.807) is 21.6 Å². The fourth-order valence-corrected chi connectivity index (χ4v) is 3.74. The van der Waals surface area contributed by atoms with Crippen LogP contribution in [0.5, 0.6) is 17.4 Å². The minimum Gasteiger partial charge on any atom is -0.496 e. The number of imidazole rings is 1. The van der Waals surface area contributed by atoms with Gasteiger partial charge in [-0.05, 0) is 18.2 Å². The first kappa shape index (κ1) is 24.3. The largest absolute Gasteiger partial charge is 0.573 e. The Kier molecular flexibility index (Phi) is 7.10. The van der Waals surface area contributed by atoms with Crippen LogP contribution in [0.25, 0.3) is 5.69 Å². The zero-order chi connectivity index (χ0) is 25.0. The molecular formula is C23H23F3N4O5. The highest BCUT2D eigenvalue weighted by molar-refractivity contribution is 5.93. The number of carbonyl (C=O) groups is 1. The zero-order valence-electron chi connectivity index (χ0n) is 19.0. The van der Waals surface area contributed by atoms with Crippen molar-refractivity contribution in [2.75, 3.05) is 40.5 Å². The summed E-state index contributed by atoms with van der Waals surface area (Å²) < 4.78 is 59.2. The van der Waals surface area contributed by atoms with E-state index in [0.717, 1.165) is 0 Å². The summed E-state index contributed by atoms with van der Waals surface area (Å²) in [5.74, 6) is -0.0727. The molecule has 186 valence electrons. The molecule has 0 aliphatic carbocycles. The molecular weight excluding hydrogens is 469 g/mol. The molecule has 0 N–H and O–H groups in total. The van der Waals surface area contributed by atoms with Crippen molar-refractivity contribution < 1.29 is 36.9 Å². The Morgan fingerprint density at radius 3 is 2.57 bits per heavy atom. The van der Waals surface area contributed by atoms with Gasteiger partial charge in [-0.15, -0.1) is 13.2 Å². The molecule has 1 aliphatic heterocycles. The van der Waals surface area contributed by atoms with Gasteiger partial charge >= 0.3 is 6.36 Å². The molecule has 1 amide bonds. The van der Waals surface area contributed by atoms with E-state index < -0.39 is 6.36 Å². The normalized spacial score (nSPS) is 14.0. The van der Waals surface area contributed by atoms with Crippen LogP contribution >= 0.6 is 0 Å². The van der Waals surface area contributed by atoms with Gasteiger partial charge in [-0.1, -0.05) is 6.07 Å². The van der Waals surface area contributed by atoms with Crippen LogP contribution in [0.2, 0.25) is 0 Å². The molecule has 0 saturated carbocycles. The van der Waals surface area contributed by atoms with E-state index in [4.69, 9.17) is 14.2 Å². The predicted octanol–water partition coefficient (Wildman–Crippen LogP) is 3.25. The average Bonchev–Trinajstić information content (AvgIpc) is 3.33. The first-order valence-corrected chi connectivity index (χ1v) is 10.7. The highest BCUT2D eigenvalue weighted by atomic mass is 19.4. The predicted molar refractivity (Wildman–Crippen MR) is 117 cm³/mol. The third-order valence-electron chi connectivity index (χ3n) is 5.37. The molecule has 1 aromatic carbocycles. The fraction of sp³-hybridized carbons (Fsp3) is 0.348. The summed E-state index contributed by atoms with van der Waals surface area (Å²) >= 11 is 0. The maximum atomic E-state index is 13.0. The molecule has 0 radical (unpaired) electrons. The number of benzene rings is 1. The van der Waals surface area contributed by atoms with Gasteiger partial charge in [-0.3, -0.25) is 9.36 Å². The maximum absolute atomic E-state index is 13.0. The van der Waals surface area contributed by atoms with E-state index in [1.165, 1.54) is 44.9 Å². The Bertz CT molecular complexity index is 1190. The number of halogens is 3. The molecule has 2 aromatic heterocycles. The molecule has 0 spiro atoms. The van der Waals surface area contributed by atoms with Crippen LogP contribution in [-0.2, 0) is 11.2 Å². The molecule has 1 saturated heterocycles. The van der Waals surface area contributed by atoms with E-state index in [1.807, 2.05) is 0 Å². The van der Waals surface area contributed by atoms with Crippen molar-refractivity contribution in [1.29, 1.82) is 0 Å². The molecule has 0 atom stereocenters. The van der Waals surface area contributed by atoms with Crippen molar-refractivity contribution in [3.63, 3.8) is 0 Å². The van der Waals surface area contributed by atoms with Crippen LogP contribution in [-0.4, -0.2) is 72.2 Å². The van der Waals surface area contributed by atoms with Crippen molar-refractivity contribution in [2.45, 2.75) is 12.8 Å². The van der Waals surface area contributed by atoms with E-state index in [0.29, 0.717) is 48.9 Å². The molecule has 0 unspecified atom stereocenters. The number of aromatic nitrogens is 3. The SMILES string of the molecule is COc1cc(OC(F)(F)F)ccc1Cc1ccc(-n2cncc2C(=O)N2CCOCC2)c(OC)n1. The molecule has 12 heteroatoms. The minimum absolute atomic E-state index is 0.178. The summed E-state index contributed by atoms with van der Waals surface area (Å²) in [6.07, 6.45) is -1.54. The van der Waals surface area contributed by atoms with Gasteiger partial charge in [0.1, 0.15) is 22.9 Å². The Balaban J connectivity index is 1.59. The lowest BCUT2D eigenvalue weighted by Gasteiger charge is -2.27. The van der Waals surface area contributed by atoms with Gasteiger partial charge < -0.3 is 23.8 Å². The van der Waals surface area contributed by atoms with Crippen molar-refractivity contribution in [1.82, 2.24) is 19.4 Å². The van der Waals surface area contributed by atoms with Crippen molar-refractivity contribution in [3.8, 4) is 23.1 Å². The lowest BCUT2D eigenvalue weighted by atomic mass is 10.1. The molecule has 1 fully saturated rings. The van der Waals surface area contributed by atoms with Gasteiger partial charge in [0, 0.05) is 36.8 Å². The first-order chi connectivity index (χ1) is 16.8. The van der Waals surface area contributed by atoms with Gasteiger partial charge in [0.2, 0.25) is 5.88 Å². The zero-order valence-corrected chi connectivity index (χ0v) is 19.0. The monoisotopic (exact) mass is 492 g/mol. The summed E-state index contributed by atoms with van der Waals surface area (Å²) in [5.41, 5.74) is 2.07. The third kappa shape index (κ3) is 5.65. The van der Waals surface area contributed by atoms with Crippen molar-refractivity contribution in [2.24, 2.45) is 0 Å². The number of rotatable bonds is 7. The number of pyridine rings is 1. The first-order valence-electron chi connectivity index (χ1n) is 10.7. The number of alkyl halides is 3. The van der Waals surface area contributed by atoms with E-state index in [9.17, 15) is 18.0 Å². The quantitative estimate of drug-likeness (QED) is 0.500. The summed E-state index contributed by atoms with van der Waals surface area (Å²) in [5, 5.41) is 0. The van der Waals surface area contributed by atoms with Crippen LogP contribution in [0.1, 0.15) is 21.7 Å². The van der Waals surface area contributed by atoms with Crippen LogP contribution < -0.4 is 14.2 Å². The minimum atomic E-state index is -4.80. The molecule has 4 rings (SSSR count). The fourth-order valence-electron chi connectivity index (χ4n) is 3.74. The van der Waals surface area contributed by atoms with Crippen LogP contribution in [0, 0.1) is 0 Å². The number of nitrogens with zero attached hydrogens (tertiary/aromatic N) is 4. The lowest BCUT2D eigenvalue weighted by molar-refractivity contribution is -0.274. The second-order valence-corrected chi connectivity index (χ2v) is 7.58. The maximum Gasteiger partial charge on any atom is 0.573 e. The average molecular weight is 492 g/mol. The van der Waals surface area contributed by atoms with Crippen LogP contribution in [0.3, 0.4) is 0 Å². The molecule has 3 heterocycles. The van der Waals surface area contributed by atoms with Gasteiger partial charge in [-0.2, -0.15) is 0 Å².